The molecule has 1 fully saturated rings. The molecule has 0 spiro atoms. The van der Waals surface area contributed by atoms with Gasteiger partial charge in [0.05, 0.1) is 12.5 Å². The molecule has 1 heterocycles. The first-order valence-electron chi connectivity index (χ1n) is 3.73. The van der Waals surface area contributed by atoms with Crippen molar-refractivity contribution < 1.29 is 14.6 Å². The molecule has 2 unspecified atom stereocenters. The second kappa shape index (κ2) is 3.69. The van der Waals surface area contributed by atoms with Gasteiger partial charge in [-0.25, -0.2) is 0 Å². The molecule has 4 nitrogen and oxygen atoms in total. The lowest BCUT2D eigenvalue weighted by Crippen LogP contribution is -2.44. The van der Waals surface area contributed by atoms with E-state index in [1.54, 1.807) is 7.05 Å². The summed E-state index contributed by atoms with van der Waals surface area (Å²) in [4.78, 5) is 10.6. The maximum absolute atomic E-state index is 10.6. The largest absolute Gasteiger partial charge is 0.481 e. The maximum Gasteiger partial charge on any atom is 0.310 e. The van der Waals surface area contributed by atoms with Crippen LogP contribution in [0.1, 0.15) is 6.42 Å². The number of rotatable bonds is 2. The monoisotopic (exact) mass is 159 g/mol. The molecule has 11 heavy (non-hydrogen) atoms. The van der Waals surface area contributed by atoms with Gasteiger partial charge in [-0.2, -0.15) is 0 Å². The van der Waals surface area contributed by atoms with Gasteiger partial charge in [-0.1, -0.05) is 0 Å². The van der Waals surface area contributed by atoms with Crippen molar-refractivity contribution in [1.29, 1.82) is 0 Å². The molecular weight excluding hydrogens is 146 g/mol. The summed E-state index contributed by atoms with van der Waals surface area (Å²) < 4.78 is 5.05. The van der Waals surface area contributed by atoms with Gasteiger partial charge in [0.25, 0.3) is 0 Å². The molecule has 1 saturated heterocycles. The van der Waals surface area contributed by atoms with Gasteiger partial charge in [0.2, 0.25) is 0 Å². The van der Waals surface area contributed by atoms with Crippen molar-refractivity contribution in [3.05, 3.63) is 0 Å². The van der Waals surface area contributed by atoms with Gasteiger partial charge < -0.3 is 15.2 Å². The molecule has 0 saturated carbocycles. The molecule has 0 aliphatic carbocycles. The van der Waals surface area contributed by atoms with E-state index in [4.69, 9.17) is 9.84 Å². The van der Waals surface area contributed by atoms with E-state index >= 15 is 0 Å². The third kappa shape index (κ3) is 1.91. The number of hydrogen-bond donors (Lipinski definition) is 2. The van der Waals surface area contributed by atoms with Crippen molar-refractivity contribution in [2.24, 2.45) is 5.92 Å². The number of carboxylic acid groups (broad SMARTS) is 1. The van der Waals surface area contributed by atoms with Crippen LogP contribution in [0.4, 0.5) is 0 Å². The SMILES string of the molecule is CNC1CCOCC1C(=O)O. The molecule has 1 aliphatic rings. The number of hydrogen-bond acceptors (Lipinski definition) is 3. The lowest BCUT2D eigenvalue weighted by molar-refractivity contribution is -0.147. The fourth-order valence-electron chi connectivity index (χ4n) is 1.33. The number of carboxylic acids is 1. The van der Waals surface area contributed by atoms with E-state index in [2.05, 4.69) is 5.32 Å². The Morgan fingerprint density at radius 3 is 2.91 bits per heavy atom. The predicted octanol–water partition coefficient (Wildman–Crippen LogP) is -0.305. The first-order valence-corrected chi connectivity index (χ1v) is 3.73. The van der Waals surface area contributed by atoms with Gasteiger partial charge in [-0.15, -0.1) is 0 Å². The van der Waals surface area contributed by atoms with E-state index in [-0.39, 0.29) is 12.0 Å². The first kappa shape index (κ1) is 8.49. The van der Waals surface area contributed by atoms with E-state index in [1.807, 2.05) is 0 Å². The predicted molar refractivity (Wildman–Crippen MR) is 39.4 cm³/mol. The number of aliphatic carboxylic acids is 1. The Kier molecular flexibility index (Phi) is 2.84. The van der Waals surface area contributed by atoms with Crippen LogP contribution in [0.3, 0.4) is 0 Å². The molecule has 2 N–H and O–H groups in total. The van der Waals surface area contributed by atoms with Gasteiger partial charge in [-0.3, -0.25) is 4.79 Å². The molecule has 0 aromatic heterocycles. The molecule has 0 amide bonds. The van der Waals surface area contributed by atoms with Crippen molar-refractivity contribution in [1.82, 2.24) is 5.32 Å². The van der Waals surface area contributed by atoms with Crippen LogP contribution in [0.2, 0.25) is 0 Å². The molecule has 2 atom stereocenters. The van der Waals surface area contributed by atoms with E-state index in [1.165, 1.54) is 0 Å². The van der Waals surface area contributed by atoms with Crippen LogP contribution in [-0.2, 0) is 9.53 Å². The highest BCUT2D eigenvalue weighted by molar-refractivity contribution is 5.71. The molecule has 1 aliphatic heterocycles. The van der Waals surface area contributed by atoms with Crippen LogP contribution in [-0.4, -0.2) is 37.4 Å². The van der Waals surface area contributed by atoms with Gasteiger partial charge in [0, 0.05) is 12.6 Å². The topological polar surface area (TPSA) is 58.6 Å². The van der Waals surface area contributed by atoms with Crippen LogP contribution < -0.4 is 5.32 Å². The van der Waals surface area contributed by atoms with Gasteiger partial charge in [0.1, 0.15) is 0 Å². The fourth-order valence-corrected chi connectivity index (χ4v) is 1.33. The zero-order chi connectivity index (χ0) is 8.27. The molecule has 0 bridgehead atoms. The number of nitrogens with one attached hydrogen (secondary N) is 1. The van der Waals surface area contributed by atoms with Crippen molar-refractivity contribution in [2.45, 2.75) is 12.5 Å². The second-order valence-corrected chi connectivity index (χ2v) is 2.70. The summed E-state index contributed by atoms with van der Waals surface area (Å²) in [6, 6.07) is 0.0706. The summed E-state index contributed by atoms with van der Waals surface area (Å²) in [6.07, 6.45) is 0.785. The number of ether oxygens (including phenoxy) is 1. The number of carbonyl (C=O) groups is 1. The van der Waals surface area contributed by atoms with Gasteiger partial charge in [0.15, 0.2) is 0 Å². The Bertz CT molecular complexity index is 149. The molecule has 4 heteroatoms. The van der Waals surface area contributed by atoms with Crippen molar-refractivity contribution >= 4 is 5.97 Å². The van der Waals surface area contributed by atoms with Crippen molar-refractivity contribution in [2.75, 3.05) is 20.3 Å². The summed E-state index contributed by atoms with van der Waals surface area (Å²) in [6.45, 7) is 0.996. The minimum atomic E-state index is -0.774. The summed E-state index contributed by atoms with van der Waals surface area (Å²) in [5.41, 5.74) is 0. The molecule has 0 aromatic carbocycles. The third-order valence-corrected chi connectivity index (χ3v) is 2.04. The minimum absolute atomic E-state index is 0.0706. The Hall–Kier alpha value is -0.610. The van der Waals surface area contributed by atoms with Crippen molar-refractivity contribution in [3.8, 4) is 0 Å². The highest BCUT2D eigenvalue weighted by atomic mass is 16.5. The highest BCUT2D eigenvalue weighted by Gasteiger charge is 2.29. The second-order valence-electron chi connectivity index (χ2n) is 2.70. The Morgan fingerprint density at radius 1 is 1.73 bits per heavy atom. The van der Waals surface area contributed by atoms with Crippen LogP contribution in [0.5, 0.6) is 0 Å². The molecule has 64 valence electrons. The minimum Gasteiger partial charge on any atom is -0.481 e. The zero-order valence-corrected chi connectivity index (χ0v) is 6.54. The van der Waals surface area contributed by atoms with Crippen molar-refractivity contribution in [3.63, 3.8) is 0 Å². The van der Waals surface area contributed by atoms with E-state index < -0.39 is 5.97 Å². The van der Waals surface area contributed by atoms with E-state index in [0.717, 1.165) is 6.42 Å². The maximum atomic E-state index is 10.6. The lowest BCUT2D eigenvalue weighted by Gasteiger charge is -2.27. The van der Waals surface area contributed by atoms with E-state index in [9.17, 15) is 4.79 Å². The Balaban J connectivity index is 2.51. The van der Waals surface area contributed by atoms with Crippen LogP contribution in [0.25, 0.3) is 0 Å². The average molecular weight is 159 g/mol. The average Bonchev–Trinajstić information content (AvgIpc) is 2.04. The fraction of sp³-hybridized carbons (Fsp3) is 0.857. The Morgan fingerprint density at radius 2 is 2.45 bits per heavy atom. The summed E-state index contributed by atoms with van der Waals surface area (Å²) >= 11 is 0. The normalized spacial score (nSPS) is 31.7. The van der Waals surface area contributed by atoms with Crippen LogP contribution in [0, 0.1) is 5.92 Å². The lowest BCUT2D eigenvalue weighted by atomic mass is 9.96. The zero-order valence-electron chi connectivity index (χ0n) is 6.54. The quantitative estimate of drug-likeness (QED) is 0.580. The molecular formula is C7H13NO3. The third-order valence-electron chi connectivity index (χ3n) is 2.04. The first-order chi connectivity index (χ1) is 5.25. The molecule has 1 rings (SSSR count). The smallest absolute Gasteiger partial charge is 0.310 e. The molecule has 0 aromatic rings. The van der Waals surface area contributed by atoms with Crippen LogP contribution in [0.15, 0.2) is 0 Å². The van der Waals surface area contributed by atoms with Gasteiger partial charge >= 0.3 is 5.97 Å². The van der Waals surface area contributed by atoms with E-state index in [0.29, 0.717) is 13.2 Å². The Labute approximate surface area is 65.5 Å². The molecule has 0 radical (unpaired) electrons. The summed E-state index contributed by atoms with van der Waals surface area (Å²) in [7, 11) is 1.78. The summed E-state index contributed by atoms with van der Waals surface area (Å²) in [5, 5.41) is 11.7. The standard InChI is InChI=1S/C7H13NO3/c1-8-6-2-3-11-4-5(6)7(9)10/h5-6,8H,2-4H2,1H3,(H,9,10). The summed E-state index contributed by atoms with van der Waals surface area (Å²) in [5.74, 6) is -1.15. The highest BCUT2D eigenvalue weighted by Crippen LogP contribution is 2.14. The van der Waals surface area contributed by atoms with Gasteiger partial charge in [-0.05, 0) is 13.5 Å². The van der Waals surface area contributed by atoms with Crippen LogP contribution >= 0.6 is 0 Å².